The summed E-state index contributed by atoms with van der Waals surface area (Å²) in [7, 11) is 0. The van der Waals surface area contributed by atoms with Crippen molar-refractivity contribution in [3.05, 3.63) is 66.0 Å². The molecular weight excluding hydrogens is 314 g/mol. The number of fused-ring (bicyclic) bond motifs is 1. The Morgan fingerprint density at radius 1 is 1.12 bits per heavy atom. The number of carbonyl (C=O) groups excluding carboxylic acids is 1. The fourth-order valence-corrected chi connectivity index (χ4v) is 4.30. The predicted octanol–water partition coefficient (Wildman–Crippen LogP) is 1.65. The van der Waals surface area contributed by atoms with E-state index in [2.05, 4.69) is 9.88 Å². The number of likely N-dealkylation sites (tertiary alicyclic amines) is 2. The van der Waals surface area contributed by atoms with E-state index >= 15 is 0 Å². The van der Waals surface area contributed by atoms with Gasteiger partial charge in [-0.25, -0.2) is 0 Å². The Bertz CT molecular complexity index is 737. The normalized spacial score (nSPS) is 26.0. The summed E-state index contributed by atoms with van der Waals surface area (Å²) in [5, 5.41) is 10.1. The van der Waals surface area contributed by atoms with Crippen LogP contribution < -0.4 is 0 Å². The number of amides is 1. The third-order valence-electron chi connectivity index (χ3n) is 5.61. The summed E-state index contributed by atoms with van der Waals surface area (Å²) in [4.78, 5) is 21.1. The van der Waals surface area contributed by atoms with Crippen LogP contribution in [-0.4, -0.2) is 58.6 Å². The number of benzene rings is 1. The van der Waals surface area contributed by atoms with E-state index in [1.165, 1.54) is 5.56 Å². The van der Waals surface area contributed by atoms with Gasteiger partial charge < -0.3 is 10.0 Å². The van der Waals surface area contributed by atoms with Crippen molar-refractivity contribution in [3.63, 3.8) is 0 Å². The van der Waals surface area contributed by atoms with Gasteiger partial charge in [0.25, 0.3) is 5.91 Å². The Morgan fingerprint density at radius 2 is 1.88 bits per heavy atom. The molecule has 0 unspecified atom stereocenters. The molecule has 1 N–H and O–H groups in total. The highest BCUT2D eigenvalue weighted by Gasteiger charge is 2.53. The summed E-state index contributed by atoms with van der Waals surface area (Å²) < 4.78 is 0. The maximum absolute atomic E-state index is 12.7. The van der Waals surface area contributed by atoms with Crippen molar-refractivity contribution >= 4 is 5.91 Å². The number of aliphatic hydroxyl groups excluding tert-OH is 1. The number of aromatic nitrogens is 1. The zero-order valence-electron chi connectivity index (χ0n) is 14.2. The van der Waals surface area contributed by atoms with E-state index in [0.29, 0.717) is 12.5 Å². The van der Waals surface area contributed by atoms with Crippen LogP contribution in [0.5, 0.6) is 0 Å². The monoisotopic (exact) mass is 337 g/mol. The predicted molar refractivity (Wildman–Crippen MR) is 94.9 cm³/mol. The zero-order chi connectivity index (χ0) is 17.3. The minimum atomic E-state index is -0.197. The summed E-state index contributed by atoms with van der Waals surface area (Å²) in [5.74, 6) is 0.399. The minimum Gasteiger partial charge on any atom is -0.396 e. The molecule has 0 aliphatic carbocycles. The highest BCUT2D eigenvalue weighted by molar-refractivity contribution is 5.94. The third kappa shape index (κ3) is 3.05. The molecule has 5 heteroatoms. The first-order valence-electron chi connectivity index (χ1n) is 8.77. The van der Waals surface area contributed by atoms with Crippen molar-refractivity contribution in [2.75, 3.05) is 32.8 Å². The second kappa shape index (κ2) is 6.58. The molecule has 2 saturated heterocycles. The van der Waals surface area contributed by atoms with Crippen molar-refractivity contribution < 1.29 is 9.90 Å². The van der Waals surface area contributed by atoms with Crippen molar-refractivity contribution in [1.29, 1.82) is 0 Å². The van der Waals surface area contributed by atoms with Crippen LogP contribution in [0.2, 0.25) is 0 Å². The van der Waals surface area contributed by atoms with Gasteiger partial charge >= 0.3 is 0 Å². The maximum Gasteiger partial charge on any atom is 0.253 e. The molecule has 5 nitrogen and oxygen atoms in total. The Kier molecular flexibility index (Phi) is 4.27. The van der Waals surface area contributed by atoms with E-state index in [1.807, 2.05) is 59.8 Å². The zero-order valence-corrected chi connectivity index (χ0v) is 14.2. The summed E-state index contributed by atoms with van der Waals surface area (Å²) in [6.45, 7) is 4.10. The number of pyridine rings is 1. The highest BCUT2D eigenvalue weighted by Crippen LogP contribution is 2.43. The third-order valence-corrected chi connectivity index (χ3v) is 5.61. The fraction of sp³-hybridized carbons (Fsp3) is 0.400. The van der Waals surface area contributed by atoms with Crippen molar-refractivity contribution in [3.8, 4) is 0 Å². The number of hydrogen-bond donors (Lipinski definition) is 1. The fourth-order valence-electron chi connectivity index (χ4n) is 4.30. The molecule has 2 fully saturated rings. The van der Waals surface area contributed by atoms with Crippen molar-refractivity contribution in [2.24, 2.45) is 11.3 Å². The van der Waals surface area contributed by atoms with E-state index < -0.39 is 0 Å². The van der Waals surface area contributed by atoms with Gasteiger partial charge in [-0.3, -0.25) is 14.7 Å². The van der Waals surface area contributed by atoms with Gasteiger partial charge in [0.1, 0.15) is 0 Å². The number of carbonyl (C=O) groups is 1. The van der Waals surface area contributed by atoms with Crippen LogP contribution in [0.1, 0.15) is 15.9 Å². The lowest BCUT2D eigenvalue weighted by Gasteiger charge is -2.27. The number of rotatable bonds is 4. The Hall–Kier alpha value is -2.24. The minimum absolute atomic E-state index is 0.0727. The van der Waals surface area contributed by atoms with Crippen LogP contribution in [0.3, 0.4) is 0 Å². The molecule has 1 aromatic carbocycles. The molecule has 0 bridgehead atoms. The molecule has 1 aromatic heterocycles. The molecule has 0 spiro atoms. The second-order valence-electron chi connectivity index (χ2n) is 7.29. The molecule has 2 atom stereocenters. The van der Waals surface area contributed by atoms with Gasteiger partial charge in [-0.1, -0.05) is 18.2 Å². The maximum atomic E-state index is 12.7. The largest absolute Gasteiger partial charge is 0.396 e. The van der Waals surface area contributed by atoms with Gasteiger partial charge in [0.2, 0.25) is 0 Å². The molecule has 2 aliphatic rings. The molecule has 0 saturated carbocycles. The molecule has 2 aliphatic heterocycles. The molecule has 1 amide bonds. The number of aliphatic hydroxyl groups is 1. The standard InChI is InChI=1S/C20H23N3O2/c24-15-20-13-22(10-16-6-8-21-9-7-16)11-18(20)12-23(14-20)19(25)17-4-2-1-3-5-17/h1-9,18,24H,10-15H2/t18-,20+/m0/s1. The van der Waals surface area contributed by atoms with Crippen LogP contribution in [-0.2, 0) is 6.54 Å². The quantitative estimate of drug-likeness (QED) is 0.922. The lowest BCUT2D eigenvalue weighted by Crippen LogP contribution is -2.38. The van der Waals surface area contributed by atoms with E-state index in [9.17, 15) is 9.90 Å². The molecule has 130 valence electrons. The average molecular weight is 337 g/mol. The Morgan fingerprint density at radius 3 is 2.56 bits per heavy atom. The summed E-state index contributed by atoms with van der Waals surface area (Å²) in [5.41, 5.74) is 1.77. The van der Waals surface area contributed by atoms with E-state index in [1.54, 1.807) is 0 Å². The van der Waals surface area contributed by atoms with Gasteiger partial charge in [-0.2, -0.15) is 0 Å². The van der Waals surface area contributed by atoms with Crippen LogP contribution in [0.25, 0.3) is 0 Å². The van der Waals surface area contributed by atoms with E-state index in [0.717, 1.165) is 31.7 Å². The van der Waals surface area contributed by atoms with Crippen LogP contribution in [0.4, 0.5) is 0 Å². The van der Waals surface area contributed by atoms with Gasteiger partial charge in [0.15, 0.2) is 0 Å². The van der Waals surface area contributed by atoms with Crippen molar-refractivity contribution in [2.45, 2.75) is 6.54 Å². The molecule has 3 heterocycles. The first-order chi connectivity index (χ1) is 12.2. The second-order valence-corrected chi connectivity index (χ2v) is 7.29. The van der Waals surface area contributed by atoms with Crippen LogP contribution in [0, 0.1) is 11.3 Å². The molecule has 4 rings (SSSR count). The number of nitrogens with zero attached hydrogens (tertiary/aromatic N) is 3. The topological polar surface area (TPSA) is 56.7 Å². The lowest BCUT2D eigenvalue weighted by molar-refractivity contribution is 0.0718. The van der Waals surface area contributed by atoms with Gasteiger partial charge in [0, 0.05) is 56.1 Å². The first-order valence-corrected chi connectivity index (χ1v) is 8.77. The van der Waals surface area contributed by atoms with Crippen LogP contribution in [0.15, 0.2) is 54.9 Å². The van der Waals surface area contributed by atoms with Gasteiger partial charge in [-0.05, 0) is 35.7 Å². The van der Waals surface area contributed by atoms with E-state index in [4.69, 9.17) is 0 Å². The Balaban J connectivity index is 1.45. The first kappa shape index (κ1) is 16.2. The van der Waals surface area contributed by atoms with Gasteiger partial charge in [-0.15, -0.1) is 0 Å². The lowest BCUT2D eigenvalue weighted by atomic mass is 9.82. The summed E-state index contributed by atoms with van der Waals surface area (Å²) >= 11 is 0. The Labute approximate surface area is 147 Å². The molecule has 0 radical (unpaired) electrons. The highest BCUT2D eigenvalue weighted by atomic mass is 16.3. The summed E-state index contributed by atoms with van der Waals surface area (Å²) in [6, 6.07) is 13.5. The smallest absolute Gasteiger partial charge is 0.253 e. The SMILES string of the molecule is O=C(c1ccccc1)N1C[C@@H]2CN(Cc3ccncc3)C[C@]2(CO)C1. The summed E-state index contributed by atoms with van der Waals surface area (Å²) in [6.07, 6.45) is 3.63. The van der Waals surface area contributed by atoms with Crippen molar-refractivity contribution in [1.82, 2.24) is 14.8 Å². The number of hydrogen-bond acceptors (Lipinski definition) is 4. The molecule has 2 aromatic rings. The molecular formula is C20H23N3O2. The van der Waals surface area contributed by atoms with Gasteiger partial charge in [0.05, 0.1) is 6.61 Å². The molecule has 25 heavy (non-hydrogen) atoms. The van der Waals surface area contributed by atoms with E-state index in [-0.39, 0.29) is 17.9 Å². The average Bonchev–Trinajstić information content (AvgIpc) is 3.17. The van der Waals surface area contributed by atoms with Crippen LogP contribution >= 0.6 is 0 Å².